The Morgan fingerprint density at radius 3 is 2.68 bits per heavy atom. The number of nitrogens with zero attached hydrogens (tertiary/aromatic N) is 3. The molecule has 8 nitrogen and oxygen atoms in total. The van der Waals surface area contributed by atoms with Crippen molar-refractivity contribution >= 4 is 17.3 Å². The lowest BCUT2D eigenvalue weighted by atomic mass is 10.1. The van der Waals surface area contributed by atoms with Crippen LogP contribution in [0.4, 0.5) is 15.8 Å². The first kappa shape index (κ1) is 22.7. The molecule has 1 amide bonds. The van der Waals surface area contributed by atoms with Crippen molar-refractivity contribution < 1.29 is 18.8 Å². The lowest BCUT2D eigenvalue weighted by molar-refractivity contribution is -0.386. The Balaban J connectivity index is 1.39. The Bertz CT molecular complexity index is 1340. The number of aromatic nitrogens is 2. The Morgan fingerprint density at radius 1 is 1.12 bits per heavy atom. The number of nitro groups is 1. The van der Waals surface area contributed by atoms with Gasteiger partial charge in [-0.2, -0.15) is 5.10 Å². The Kier molecular flexibility index (Phi) is 6.63. The number of benzene rings is 3. The molecular formula is C25H21FN4O4. The summed E-state index contributed by atoms with van der Waals surface area (Å²) in [7, 11) is 0. The third kappa shape index (κ3) is 5.63. The lowest BCUT2D eigenvalue weighted by Crippen LogP contribution is -2.12. The van der Waals surface area contributed by atoms with Gasteiger partial charge in [-0.1, -0.05) is 30.3 Å². The molecule has 9 heteroatoms. The van der Waals surface area contributed by atoms with E-state index in [0.29, 0.717) is 23.4 Å². The number of halogens is 1. The number of carbonyl (C=O) groups excluding carboxylic acids is 1. The van der Waals surface area contributed by atoms with Crippen LogP contribution in [0.3, 0.4) is 0 Å². The van der Waals surface area contributed by atoms with Gasteiger partial charge >= 0.3 is 5.69 Å². The lowest BCUT2D eigenvalue weighted by Gasteiger charge is -2.09. The average molecular weight is 460 g/mol. The highest BCUT2D eigenvalue weighted by molar-refractivity contribution is 6.04. The van der Waals surface area contributed by atoms with Gasteiger partial charge < -0.3 is 10.1 Å². The molecule has 0 bridgehead atoms. The van der Waals surface area contributed by atoms with Gasteiger partial charge in [0.1, 0.15) is 12.4 Å². The smallest absolute Gasteiger partial charge is 0.311 e. The fourth-order valence-electron chi connectivity index (χ4n) is 3.35. The number of hydrogen-bond acceptors (Lipinski definition) is 5. The van der Waals surface area contributed by atoms with Crippen LogP contribution in [-0.2, 0) is 13.2 Å². The highest BCUT2D eigenvalue weighted by Gasteiger charge is 2.15. The SMILES string of the molecule is Cc1ccc(OCc2cccc(C(=O)Nc3cnn(Cc4ccc(F)cc4)c3)c2)c([N+](=O)[O-])c1. The van der Waals surface area contributed by atoms with Crippen molar-refractivity contribution in [1.29, 1.82) is 0 Å². The number of anilines is 1. The number of rotatable bonds is 8. The predicted octanol–water partition coefficient (Wildman–Crippen LogP) is 5.12. The molecule has 0 spiro atoms. The summed E-state index contributed by atoms with van der Waals surface area (Å²) in [4.78, 5) is 23.5. The maximum absolute atomic E-state index is 13.1. The molecule has 0 saturated carbocycles. The summed E-state index contributed by atoms with van der Waals surface area (Å²) in [5.74, 6) is -0.467. The number of ether oxygens (including phenoxy) is 1. The van der Waals surface area contributed by atoms with Crippen molar-refractivity contribution in [2.45, 2.75) is 20.1 Å². The van der Waals surface area contributed by atoms with Crippen LogP contribution in [0.15, 0.2) is 79.1 Å². The van der Waals surface area contributed by atoms with Gasteiger partial charge in [-0.25, -0.2) is 4.39 Å². The molecule has 0 aliphatic heterocycles. The zero-order valence-electron chi connectivity index (χ0n) is 18.3. The molecule has 0 aliphatic carbocycles. The van der Waals surface area contributed by atoms with Crippen molar-refractivity contribution in [3.05, 3.63) is 117 Å². The Labute approximate surface area is 194 Å². The topological polar surface area (TPSA) is 99.3 Å². The standard InChI is InChI=1S/C25H21FN4O4/c1-17-5-10-24(23(11-17)30(32)33)34-16-19-3-2-4-20(12-19)25(31)28-22-13-27-29(15-22)14-18-6-8-21(26)9-7-18/h2-13,15H,14,16H2,1H3,(H,28,31). The molecule has 3 aromatic carbocycles. The summed E-state index contributed by atoms with van der Waals surface area (Å²) in [5, 5.41) is 18.3. The van der Waals surface area contributed by atoms with E-state index in [1.54, 1.807) is 66.3 Å². The largest absolute Gasteiger partial charge is 0.482 e. The van der Waals surface area contributed by atoms with Crippen LogP contribution < -0.4 is 10.1 Å². The van der Waals surface area contributed by atoms with Gasteiger partial charge in [0.05, 0.1) is 23.4 Å². The maximum atomic E-state index is 13.1. The number of carbonyl (C=O) groups is 1. The first-order valence-corrected chi connectivity index (χ1v) is 10.4. The Morgan fingerprint density at radius 2 is 1.91 bits per heavy atom. The van der Waals surface area contributed by atoms with E-state index in [-0.39, 0.29) is 29.8 Å². The Hall–Kier alpha value is -4.53. The molecule has 0 atom stereocenters. The van der Waals surface area contributed by atoms with Gasteiger partial charge in [0.25, 0.3) is 5.91 Å². The number of hydrogen-bond donors (Lipinski definition) is 1. The van der Waals surface area contributed by atoms with Crippen molar-refractivity contribution in [2.24, 2.45) is 0 Å². The van der Waals surface area contributed by atoms with Crippen molar-refractivity contribution in [2.75, 3.05) is 5.32 Å². The van der Waals surface area contributed by atoms with E-state index < -0.39 is 4.92 Å². The van der Waals surface area contributed by atoms with Gasteiger partial charge in [-0.05, 0) is 53.9 Å². The summed E-state index contributed by atoms with van der Waals surface area (Å²) in [6.07, 6.45) is 3.22. The summed E-state index contributed by atoms with van der Waals surface area (Å²) in [6, 6.07) is 17.7. The van der Waals surface area contributed by atoms with E-state index >= 15 is 0 Å². The average Bonchev–Trinajstić information content (AvgIpc) is 3.26. The van der Waals surface area contributed by atoms with Crippen molar-refractivity contribution in [1.82, 2.24) is 9.78 Å². The summed E-state index contributed by atoms with van der Waals surface area (Å²) >= 11 is 0. The highest BCUT2D eigenvalue weighted by atomic mass is 19.1. The van der Waals surface area contributed by atoms with Crippen molar-refractivity contribution in [3.63, 3.8) is 0 Å². The number of aryl methyl sites for hydroxylation is 1. The molecule has 1 aromatic heterocycles. The monoisotopic (exact) mass is 460 g/mol. The fraction of sp³-hybridized carbons (Fsp3) is 0.120. The molecule has 1 heterocycles. The number of amides is 1. The van der Waals surface area contributed by atoms with Crippen LogP contribution in [0.25, 0.3) is 0 Å². The van der Waals surface area contributed by atoms with E-state index in [0.717, 1.165) is 11.1 Å². The summed E-state index contributed by atoms with van der Waals surface area (Å²) < 4.78 is 20.3. The molecule has 0 fully saturated rings. The van der Waals surface area contributed by atoms with Gasteiger partial charge in [0.2, 0.25) is 0 Å². The van der Waals surface area contributed by atoms with E-state index in [9.17, 15) is 19.3 Å². The van der Waals surface area contributed by atoms with E-state index in [2.05, 4.69) is 10.4 Å². The van der Waals surface area contributed by atoms with Gasteiger partial charge in [0.15, 0.2) is 5.75 Å². The normalized spacial score (nSPS) is 10.6. The highest BCUT2D eigenvalue weighted by Crippen LogP contribution is 2.28. The zero-order chi connectivity index (χ0) is 24.1. The molecule has 0 unspecified atom stereocenters. The zero-order valence-corrected chi connectivity index (χ0v) is 18.3. The van der Waals surface area contributed by atoms with Crippen LogP contribution in [0.1, 0.15) is 27.0 Å². The first-order valence-electron chi connectivity index (χ1n) is 10.4. The maximum Gasteiger partial charge on any atom is 0.311 e. The molecule has 34 heavy (non-hydrogen) atoms. The summed E-state index contributed by atoms with van der Waals surface area (Å²) in [6.45, 7) is 2.28. The quantitative estimate of drug-likeness (QED) is 0.291. The van der Waals surface area contributed by atoms with E-state index in [4.69, 9.17) is 4.74 Å². The minimum atomic E-state index is -0.484. The third-order valence-corrected chi connectivity index (χ3v) is 5.04. The molecule has 0 aliphatic rings. The van der Waals surface area contributed by atoms with Crippen LogP contribution >= 0.6 is 0 Å². The van der Waals surface area contributed by atoms with Gasteiger partial charge in [0, 0.05) is 17.8 Å². The third-order valence-electron chi connectivity index (χ3n) is 5.04. The summed E-state index contributed by atoms with van der Waals surface area (Å²) in [5.41, 5.74) is 3.15. The van der Waals surface area contributed by atoms with Gasteiger partial charge in [-0.3, -0.25) is 19.6 Å². The molecular weight excluding hydrogens is 439 g/mol. The molecule has 0 saturated heterocycles. The second-order valence-electron chi connectivity index (χ2n) is 7.72. The second kappa shape index (κ2) is 9.95. The number of nitrogens with one attached hydrogen (secondary N) is 1. The second-order valence-corrected chi connectivity index (χ2v) is 7.72. The molecule has 4 rings (SSSR count). The fourth-order valence-corrected chi connectivity index (χ4v) is 3.35. The number of nitro benzene ring substituents is 1. The molecule has 1 N–H and O–H groups in total. The molecule has 0 radical (unpaired) electrons. The van der Waals surface area contributed by atoms with E-state index in [1.165, 1.54) is 24.4 Å². The van der Waals surface area contributed by atoms with Crippen LogP contribution in [-0.4, -0.2) is 20.6 Å². The van der Waals surface area contributed by atoms with Crippen molar-refractivity contribution in [3.8, 4) is 5.75 Å². The van der Waals surface area contributed by atoms with Crippen LogP contribution in [0.5, 0.6) is 5.75 Å². The minimum absolute atomic E-state index is 0.0701. The van der Waals surface area contributed by atoms with Crippen LogP contribution in [0, 0.1) is 22.9 Å². The van der Waals surface area contributed by atoms with Gasteiger partial charge in [-0.15, -0.1) is 0 Å². The molecule has 4 aromatic rings. The predicted molar refractivity (Wildman–Crippen MR) is 124 cm³/mol. The minimum Gasteiger partial charge on any atom is -0.482 e. The first-order chi connectivity index (χ1) is 16.4. The molecule has 172 valence electrons. The van der Waals surface area contributed by atoms with Crippen LogP contribution in [0.2, 0.25) is 0 Å². The van der Waals surface area contributed by atoms with E-state index in [1.807, 2.05) is 0 Å².